The number of methoxy groups -OCH3 is 1. The topological polar surface area (TPSA) is 43.4 Å². The summed E-state index contributed by atoms with van der Waals surface area (Å²) in [6.07, 6.45) is 7.94. The lowest BCUT2D eigenvalue weighted by Gasteiger charge is -2.15. The van der Waals surface area contributed by atoms with Crippen molar-refractivity contribution >= 4 is 11.6 Å². The molecule has 0 radical (unpaired) electrons. The molecule has 21 heavy (non-hydrogen) atoms. The normalized spacial score (nSPS) is 16.0. The molecule has 1 rings (SSSR count). The molecular weight excluding hydrogens is 266 g/mol. The van der Waals surface area contributed by atoms with Crippen LogP contribution in [0.3, 0.4) is 0 Å². The Morgan fingerprint density at radius 3 is 2.52 bits per heavy atom. The van der Waals surface area contributed by atoms with Crippen LogP contribution in [0.25, 0.3) is 0 Å². The van der Waals surface area contributed by atoms with Crippen LogP contribution in [0, 0.1) is 0 Å². The average Bonchev–Trinajstić information content (AvgIpc) is 2.42. The zero-order valence-electron chi connectivity index (χ0n) is 13.6. The summed E-state index contributed by atoms with van der Waals surface area (Å²) in [7, 11) is 1.41. The van der Waals surface area contributed by atoms with Gasteiger partial charge in [-0.3, -0.25) is 9.59 Å². The molecule has 0 aromatic rings. The molecule has 0 aliphatic heterocycles. The predicted molar refractivity (Wildman–Crippen MR) is 84.8 cm³/mol. The second-order valence-electron chi connectivity index (χ2n) is 5.58. The summed E-state index contributed by atoms with van der Waals surface area (Å²) in [4.78, 5) is 24.0. The standard InChI is InChI=1S/C18H24O3/c1-12(2)7-6-8-13(3)9-10-15-14(4)16(19)11-17(21-5)18(15)20/h7,9,11H,6,8,10H2,1-5H3/b13-9+/i10+2. The number of carbonyl (C=O) groups excluding carboxylic acids is 2. The van der Waals surface area contributed by atoms with Gasteiger partial charge in [0.2, 0.25) is 5.78 Å². The van der Waals surface area contributed by atoms with Gasteiger partial charge in [0.15, 0.2) is 11.5 Å². The lowest BCUT2D eigenvalue weighted by Crippen LogP contribution is -2.19. The predicted octanol–water partition coefficient (Wildman–Crippen LogP) is 4.07. The summed E-state index contributed by atoms with van der Waals surface area (Å²) in [5, 5.41) is 0. The summed E-state index contributed by atoms with van der Waals surface area (Å²) in [6.45, 7) is 7.91. The Labute approximate surface area is 127 Å². The molecule has 114 valence electrons. The van der Waals surface area contributed by atoms with Crippen LogP contribution in [-0.4, -0.2) is 18.7 Å². The minimum Gasteiger partial charge on any atom is -0.493 e. The molecule has 0 fully saturated rings. The Morgan fingerprint density at radius 2 is 1.95 bits per heavy atom. The van der Waals surface area contributed by atoms with Gasteiger partial charge in [-0.1, -0.05) is 23.3 Å². The van der Waals surface area contributed by atoms with Gasteiger partial charge in [0.1, 0.15) is 0 Å². The van der Waals surface area contributed by atoms with E-state index in [-0.39, 0.29) is 17.3 Å². The molecule has 0 spiro atoms. The van der Waals surface area contributed by atoms with E-state index < -0.39 is 0 Å². The second-order valence-corrected chi connectivity index (χ2v) is 5.58. The summed E-state index contributed by atoms with van der Waals surface area (Å²) >= 11 is 0. The van der Waals surface area contributed by atoms with Gasteiger partial charge in [-0.05, 0) is 47.0 Å². The van der Waals surface area contributed by atoms with Crippen molar-refractivity contribution in [3.8, 4) is 0 Å². The number of ether oxygens (including phenoxy) is 1. The number of hydrogen-bond donors (Lipinski definition) is 0. The first-order valence-corrected chi connectivity index (χ1v) is 7.20. The first-order valence-electron chi connectivity index (χ1n) is 7.20. The van der Waals surface area contributed by atoms with Crippen LogP contribution < -0.4 is 0 Å². The molecule has 0 amide bonds. The SMILES string of the molecule is COC1=CC(=O)C(C)=C([14CH2]/C=C(\C)CCC=C(C)C)C1=O. The van der Waals surface area contributed by atoms with Gasteiger partial charge in [0.05, 0.1) is 7.11 Å². The van der Waals surface area contributed by atoms with Crippen molar-refractivity contribution in [2.75, 3.05) is 7.11 Å². The van der Waals surface area contributed by atoms with E-state index in [1.54, 1.807) is 6.92 Å². The van der Waals surface area contributed by atoms with Crippen molar-refractivity contribution in [3.05, 3.63) is 46.3 Å². The zero-order chi connectivity index (χ0) is 16.0. The molecule has 0 atom stereocenters. The quantitative estimate of drug-likeness (QED) is 0.547. The van der Waals surface area contributed by atoms with Gasteiger partial charge in [-0.2, -0.15) is 0 Å². The Morgan fingerprint density at radius 1 is 1.29 bits per heavy atom. The minimum absolute atomic E-state index is 0.135. The lowest BCUT2D eigenvalue weighted by molar-refractivity contribution is -0.118. The molecule has 0 unspecified atom stereocenters. The van der Waals surface area contributed by atoms with E-state index in [4.69, 9.17) is 4.74 Å². The summed E-state index contributed by atoms with van der Waals surface area (Å²) in [5.41, 5.74) is 3.60. The number of allylic oxidation sites excluding steroid dienone is 7. The average molecular weight is 290 g/mol. The number of rotatable bonds is 6. The lowest BCUT2D eigenvalue weighted by atomic mass is 10.00. The van der Waals surface area contributed by atoms with E-state index in [1.807, 2.05) is 6.08 Å². The third kappa shape index (κ3) is 4.85. The van der Waals surface area contributed by atoms with Crippen LogP contribution in [0.5, 0.6) is 0 Å². The molecule has 3 heteroatoms. The van der Waals surface area contributed by atoms with Crippen LogP contribution >= 0.6 is 0 Å². The van der Waals surface area contributed by atoms with Crippen molar-refractivity contribution in [1.82, 2.24) is 0 Å². The Balaban J connectivity index is 2.77. The maximum absolute atomic E-state index is 12.2. The molecule has 0 aromatic carbocycles. The molecule has 1 aliphatic rings. The third-order valence-electron chi connectivity index (χ3n) is 3.55. The van der Waals surface area contributed by atoms with E-state index in [2.05, 4.69) is 26.8 Å². The van der Waals surface area contributed by atoms with Gasteiger partial charge in [0.25, 0.3) is 0 Å². The fraction of sp³-hybridized carbons (Fsp3) is 0.444. The van der Waals surface area contributed by atoms with Crippen molar-refractivity contribution < 1.29 is 14.3 Å². The van der Waals surface area contributed by atoms with Crippen LogP contribution in [0.2, 0.25) is 0 Å². The Bertz CT molecular complexity index is 553. The third-order valence-corrected chi connectivity index (χ3v) is 3.55. The number of carbonyl (C=O) groups is 2. The Hall–Kier alpha value is -1.90. The van der Waals surface area contributed by atoms with E-state index >= 15 is 0 Å². The molecule has 0 bridgehead atoms. The number of ketones is 2. The van der Waals surface area contributed by atoms with E-state index in [9.17, 15) is 9.59 Å². The highest BCUT2D eigenvalue weighted by atomic mass is 16.5. The summed E-state index contributed by atoms with van der Waals surface area (Å²) in [6, 6.07) is 0. The fourth-order valence-corrected chi connectivity index (χ4v) is 2.12. The van der Waals surface area contributed by atoms with Gasteiger partial charge in [-0.25, -0.2) is 0 Å². The number of Topliss-reactive ketones (excluding diaryl/α,β-unsaturated/α-hetero) is 1. The molecule has 3 nitrogen and oxygen atoms in total. The molecule has 0 heterocycles. The van der Waals surface area contributed by atoms with Gasteiger partial charge >= 0.3 is 0 Å². The first-order chi connectivity index (χ1) is 9.86. The molecule has 0 saturated heterocycles. The molecule has 0 saturated carbocycles. The monoisotopic (exact) mass is 290 g/mol. The maximum atomic E-state index is 12.2. The van der Waals surface area contributed by atoms with E-state index in [0.29, 0.717) is 17.6 Å². The molecule has 1 aliphatic carbocycles. The minimum atomic E-state index is -0.178. The van der Waals surface area contributed by atoms with Crippen molar-refractivity contribution in [1.29, 1.82) is 0 Å². The van der Waals surface area contributed by atoms with Gasteiger partial charge < -0.3 is 4.74 Å². The van der Waals surface area contributed by atoms with Crippen LogP contribution in [0.15, 0.2) is 46.3 Å². The summed E-state index contributed by atoms with van der Waals surface area (Å²) in [5.74, 6) is -0.184. The maximum Gasteiger partial charge on any atom is 0.224 e. The van der Waals surface area contributed by atoms with Crippen molar-refractivity contribution in [2.24, 2.45) is 0 Å². The van der Waals surface area contributed by atoms with Crippen molar-refractivity contribution in [2.45, 2.75) is 47.0 Å². The largest absolute Gasteiger partial charge is 0.493 e. The van der Waals surface area contributed by atoms with Gasteiger partial charge in [-0.15, -0.1) is 0 Å². The van der Waals surface area contributed by atoms with Gasteiger partial charge in [0, 0.05) is 17.2 Å². The zero-order valence-corrected chi connectivity index (χ0v) is 13.6. The smallest absolute Gasteiger partial charge is 0.224 e. The van der Waals surface area contributed by atoms with Crippen LogP contribution in [0.1, 0.15) is 47.0 Å². The molecule has 0 aromatic heterocycles. The summed E-state index contributed by atoms with van der Waals surface area (Å²) < 4.78 is 4.98. The fourth-order valence-electron chi connectivity index (χ4n) is 2.12. The highest BCUT2D eigenvalue weighted by Crippen LogP contribution is 2.23. The highest BCUT2D eigenvalue weighted by molar-refractivity contribution is 6.21. The number of hydrogen-bond acceptors (Lipinski definition) is 3. The Kier molecular flexibility index (Phi) is 6.35. The van der Waals surface area contributed by atoms with Crippen molar-refractivity contribution in [3.63, 3.8) is 0 Å². The van der Waals surface area contributed by atoms with Crippen LogP contribution in [-0.2, 0) is 14.3 Å². The molecular formula is C18H24O3. The first kappa shape index (κ1) is 17.2. The molecule has 0 N–H and O–H groups in total. The highest BCUT2D eigenvalue weighted by Gasteiger charge is 2.25. The van der Waals surface area contributed by atoms with E-state index in [1.165, 1.54) is 24.3 Å². The second kappa shape index (κ2) is 7.77. The van der Waals surface area contributed by atoms with E-state index in [0.717, 1.165) is 12.8 Å². The van der Waals surface area contributed by atoms with Crippen LogP contribution in [0.4, 0.5) is 0 Å².